The summed E-state index contributed by atoms with van der Waals surface area (Å²) >= 11 is 1.56. The maximum absolute atomic E-state index is 12.8. The Kier molecular flexibility index (Phi) is 6.03. The van der Waals surface area contributed by atoms with Crippen LogP contribution in [-0.4, -0.2) is 31.7 Å². The number of benzene rings is 1. The van der Waals surface area contributed by atoms with Gasteiger partial charge in [-0.1, -0.05) is 19.9 Å². The minimum atomic E-state index is -3.57. The zero-order valence-electron chi connectivity index (χ0n) is 15.2. The second kappa shape index (κ2) is 7.68. The lowest BCUT2D eigenvalue weighted by molar-refractivity contribution is 0.102. The third-order valence-electron chi connectivity index (χ3n) is 4.05. The predicted octanol–water partition coefficient (Wildman–Crippen LogP) is 3.96. The molecule has 1 N–H and O–H groups in total. The summed E-state index contributed by atoms with van der Waals surface area (Å²) in [5, 5.41) is 2.81. The number of sulfonamides is 1. The molecule has 0 bridgehead atoms. The Balaban J connectivity index is 2.36. The number of carbonyl (C=O) groups is 1. The molecule has 136 valence electrons. The van der Waals surface area contributed by atoms with E-state index >= 15 is 0 Å². The first-order chi connectivity index (χ1) is 11.7. The molecule has 5 nitrogen and oxygen atoms in total. The van der Waals surface area contributed by atoms with Gasteiger partial charge in [-0.05, 0) is 44.5 Å². The number of hydrogen-bond donors (Lipinski definition) is 1. The topological polar surface area (TPSA) is 66.5 Å². The number of thiophene rings is 1. The number of anilines is 1. The zero-order valence-corrected chi connectivity index (χ0v) is 16.8. The second-order valence-corrected chi connectivity index (χ2v) is 9.22. The SMILES string of the molecule is CCN(CC)S(=O)(=O)c1cc(NC(=O)c2cc(C)sc2C)ccc1C. The molecule has 0 radical (unpaired) electrons. The molecule has 1 amide bonds. The van der Waals surface area contributed by atoms with Gasteiger partial charge in [0.25, 0.3) is 5.91 Å². The number of amides is 1. The molecule has 25 heavy (non-hydrogen) atoms. The van der Waals surface area contributed by atoms with Crippen LogP contribution in [0.4, 0.5) is 5.69 Å². The summed E-state index contributed by atoms with van der Waals surface area (Å²) in [6.07, 6.45) is 0. The van der Waals surface area contributed by atoms with Crippen molar-refractivity contribution in [3.63, 3.8) is 0 Å². The van der Waals surface area contributed by atoms with Crippen LogP contribution in [0.25, 0.3) is 0 Å². The molecule has 0 atom stereocenters. The van der Waals surface area contributed by atoms with Gasteiger partial charge in [0, 0.05) is 28.5 Å². The van der Waals surface area contributed by atoms with Gasteiger partial charge in [-0.2, -0.15) is 4.31 Å². The van der Waals surface area contributed by atoms with Gasteiger partial charge in [-0.25, -0.2) is 8.42 Å². The molecule has 0 unspecified atom stereocenters. The van der Waals surface area contributed by atoms with Crippen LogP contribution in [0.1, 0.15) is 39.5 Å². The van der Waals surface area contributed by atoms with Gasteiger partial charge < -0.3 is 5.32 Å². The van der Waals surface area contributed by atoms with E-state index in [1.165, 1.54) is 10.4 Å². The highest BCUT2D eigenvalue weighted by Gasteiger charge is 2.24. The predicted molar refractivity (Wildman–Crippen MR) is 103 cm³/mol. The van der Waals surface area contributed by atoms with Gasteiger partial charge in [0.05, 0.1) is 10.5 Å². The average Bonchev–Trinajstić information content (AvgIpc) is 2.88. The van der Waals surface area contributed by atoms with Crippen LogP contribution in [0, 0.1) is 20.8 Å². The van der Waals surface area contributed by atoms with Crippen molar-refractivity contribution in [2.75, 3.05) is 18.4 Å². The van der Waals surface area contributed by atoms with Crippen LogP contribution in [-0.2, 0) is 10.0 Å². The molecule has 7 heteroatoms. The van der Waals surface area contributed by atoms with E-state index in [9.17, 15) is 13.2 Å². The third kappa shape index (κ3) is 4.11. The van der Waals surface area contributed by atoms with Crippen molar-refractivity contribution in [1.29, 1.82) is 0 Å². The van der Waals surface area contributed by atoms with Gasteiger partial charge >= 0.3 is 0 Å². The highest BCUT2D eigenvalue weighted by Crippen LogP contribution is 2.25. The number of nitrogens with zero attached hydrogens (tertiary/aromatic N) is 1. The molecule has 2 aromatic rings. The van der Waals surface area contributed by atoms with E-state index in [0.717, 1.165) is 9.75 Å². The number of rotatable bonds is 6. The van der Waals surface area contributed by atoms with Crippen LogP contribution in [0.15, 0.2) is 29.2 Å². The number of carbonyl (C=O) groups excluding carboxylic acids is 1. The molecule has 0 spiro atoms. The highest BCUT2D eigenvalue weighted by molar-refractivity contribution is 7.89. The highest BCUT2D eigenvalue weighted by atomic mass is 32.2. The average molecular weight is 381 g/mol. The van der Waals surface area contributed by atoms with Gasteiger partial charge in [0.15, 0.2) is 0 Å². The van der Waals surface area contributed by atoms with Crippen molar-refractivity contribution in [1.82, 2.24) is 4.31 Å². The van der Waals surface area contributed by atoms with Crippen molar-refractivity contribution in [2.24, 2.45) is 0 Å². The Bertz CT molecular complexity index is 882. The van der Waals surface area contributed by atoms with E-state index in [1.807, 2.05) is 33.8 Å². The zero-order chi connectivity index (χ0) is 18.8. The quantitative estimate of drug-likeness (QED) is 0.825. The maximum Gasteiger partial charge on any atom is 0.256 e. The summed E-state index contributed by atoms with van der Waals surface area (Å²) < 4.78 is 27.0. The fourth-order valence-corrected chi connectivity index (χ4v) is 5.34. The molecular formula is C18H24N2O3S2. The molecule has 0 aliphatic rings. The van der Waals surface area contributed by atoms with E-state index in [0.29, 0.717) is 29.9 Å². The monoisotopic (exact) mass is 380 g/mol. The van der Waals surface area contributed by atoms with E-state index in [4.69, 9.17) is 0 Å². The molecule has 0 saturated heterocycles. The maximum atomic E-state index is 12.8. The fourth-order valence-electron chi connectivity index (χ4n) is 2.71. The lowest BCUT2D eigenvalue weighted by atomic mass is 10.2. The van der Waals surface area contributed by atoms with Crippen LogP contribution in [0.3, 0.4) is 0 Å². The smallest absolute Gasteiger partial charge is 0.256 e. The van der Waals surface area contributed by atoms with Gasteiger partial charge in [-0.3, -0.25) is 4.79 Å². The van der Waals surface area contributed by atoms with Crippen molar-refractivity contribution >= 4 is 33.0 Å². The lowest BCUT2D eigenvalue weighted by Crippen LogP contribution is -2.31. The summed E-state index contributed by atoms with van der Waals surface area (Å²) in [5.41, 5.74) is 1.76. The minimum absolute atomic E-state index is 0.225. The van der Waals surface area contributed by atoms with Crippen molar-refractivity contribution in [3.8, 4) is 0 Å². The molecule has 0 saturated carbocycles. The molecule has 1 aromatic heterocycles. The van der Waals surface area contributed by atoms with Gasteiger partial charge in [-0.15, -0.1) is 11.3 Å². The summed E-state index contributed by atoms with van der Waals surface area (Å²) in [6, 6.07) is 6.83. The molecule has 0 aliphatic heterocycles. The Morgan fingerprint density at radius 2 is 1.76 bits per heavy atom. The van der Waals surface area contributed by atoms with E-state index in [2.05, 4.69) is 5.32 Å². The first-order valence-electron chi connectivity index (χ1n) is 8.19. The lowest BCUT2D eigenvalue weighted by Gasteiger charge is -2.20. The summed E-state index contributed by atoms with van der Waals surface area (Å²) in [7, 11) is -3.57. The van der Waals surface area contributed by atoms with Crippen LogP contribution >= 0.6 is 11.3 Å². The molecule has 1 aromatic carbocycles. The normalized spacial score (nSPS) is 11.8. The Labute approximate surface area is 153 Å². The van der Waals surface area contributed by atoms with E-state index in [1.54, 1.807) is 30.4 Å². The minimum Gasteiger partial charge on any atom is -0.322 e. The Hall–Kier alpha value is -1.70. The molecular weight excluding hydrogens is 356 g/mol. The van der Waals surface area contributed by atoms with Crippen LogP contribution in [0.2, 0.25) is 0 Å². The van der Waals surface area contributed by atoms with Crippen molar-refractivity contribution in [2.45, 2.75) is 39.5 Å². The van der Waals surface area contributed by atoms with Crippen LogP contribution in [0.5, 0.6) is 0 Å². The third-order valence-corrected chi connectivity index (χ3v) is 7.21. The molecule has 1 heterocycles. The summed E-state index contributed by atoms with van der Waals surface area (Å²) in [5.74, 6) is -0.225. The van der Waals surface area contributed by atoms with Gasteiger partial charge in [0.2, 0.25) is 10.0 Å². The summed E-state index contributed by atoms with van der Waals surface area (Å²) in [6.45, 7) is 10.0. The van der Waals surface area contributed by atoms with E-state index in [-0.39, 0.29) is 10.8 Å². The van der Waals surface area contributed by atoms with E-state index < -0.39 is 10.0 Å². The molecule has 2 rings (SSSR count). The van der Waals surface area contributed by atoms with Crippen LogP contribution < -0.4 is 5.32 Å². The van der Waals surface area contributed by atoms with Crippen molar-refractivity contribution in [3.05, 3.63) is 45.1 Å². The number of aryl methyl sites for hydroxylation is 3. The summed E-state index contributed by atoms with van der Waals surface area (Å²) in [4.78, 5) is 14.7. The largest absolute Gasteiger partial charge is 0.322 e. The number of hydrogen-bond acceptors (Lipinski definition) is 4. The number of nitrogens with one attached hydrogen (secondary N) is 1. The molecule has 0 fully saturated rings. The Morgan fingerprint density at radius 3 is 2.28 bits per heavy atom. The molecule has 0 aliphatic carbocycles. The van der Waals surface area contributed by atoms with Crippen molar-refractivity contribution < 1.29 is 13.2 Å². The first-order valence-corrected chi connectivity index (χ1v) is 10.5. The standard InChI is InChI=1S/C18H24N2O3S2/c1-6-20(7-2)25(22,23)17-11-15(9-8-12(17)3)19-18(21)16-10-13(4)24-14(16)5/h8-11H,6-7H2,1-5H3,(H,19,21). The van der Waals surface area contributed by atoms with Gasteiger partial charge in [0.1, 0.15) is 0 Å². The Morgan fingerprint density at radius 1 is 1.12 bits per heavy atom. The second-order valence-electron chi connectivity index (χ2n) is 5.85. The fraction of sp³-hybridized carbons (Fsp3) is 0.389. The first kappa shape index (κ1) is 19.6.